The van der Waals surface area contributed by atoms with E-state index in [-0.39, 0.29) is 17.4 Å². The van der Waals surface area contributed by atoms with Crippen molar-refractivity contribution in [1.82, 2.24) is 10.2 Å². The second kappa shape index (κ2) is 6.72. The zero-order valence-electron chi connectivity index (χ0n) is 15.8. The molecule has 0 radical (unpaired) electrons. The molecule has 4 aliphatic carbocycles. The SMILES string of the molecule is O=C(NC1CCSCC1)C1CCCN1C(=O)C12CC3CC(CC(C3)C1)C2. The number of hydrogen-bond donors (Lipinski definition) is 1. The molecule has 1 N–H and O–H groups in total. The average molecular weight is 377 g/mol. The Bertz CT molecular complexity index is 551. The molecule has 2 saturated heterocycles. The summed E-state index contributed by atoms with van der Waals surface area (Å²) in [5.41, 5.74) is -0.112. The first kappa shape index (κ1) is 17.4. The Morgan fingerprint density at radius 2 is 1.54 bits per heavy atom. The van der Waals surface area contributed by atoms with Crippen LogP contribution in [0.1, 0.15) is 64.2 Å². The van der Waals surface area contributed by atoms with Crippen LogP contribution in [0.5, 0.6) is 0 Å². The van der Waals surface area contributed by atoms with Crippen molar-refractivity contribution in [2.45, 2.75) is 76.3 Å². The van der Waals surface area contributed by atoms with Crippen LogP contribution >= 0.6 is 11.8 Å². The van der Waals surface area contributed by atoms with E-state index in [1.807, 2.05) is 16.7 Å². The third kappa shape index (κ3) is 2.98. The Labute approximate surface area is 161 Å². The molecular formula is C21H32N2O2S. The molecule has 0 aromatic heterocycles. The second-order valence-corrected chi connectivity index (χ2v) is 11.0. The topological polar surface area (TPSA) is 49.4 Å². The summed E-state index contributed by atoms with van der Waals surface area (Å²) < 4.78 is 0. The maximum absolute atomic E-state index is 13.6. The molecule has 4 nitrogen and oxygen atoms in total. The minimum Gasteiger partial charge on any atom is -0.352 e. The zero-order valence-corrected chi connectivity index (χ0v) is 16.6. The Morgan fingerprint density at radius 1 is 0.923 bits per heavy atom. The molecule has 6 aliphatic rings. The quantitative estimate of drug-likeness (QED) is 0.823. The lowest BCUT2D eigenvalue weighted by atomic mass is 9.49. The van der Waals surface area contributed by atoms with E-state index in [9.17, 15) is 9.59 Å². The number of nitrogens with zero attached hydrogens (tertiary/aromatic N) is 1. The predicted octanol–water partition coefficient (Wildman–Crippen LogP) is 3.21. The molecule has 5 heteroatoms. The molecule has 4 saturated carbocycles. The van der Waals surface area contributed by atoms with Gasteiger partial charge in [0, 0.05) is 12.6 Å². The van der Waals surface area contributed by atoms with Crippen LogP contribution in [0.2, 0.25) is 0 Å². The summed E-state index contributed by atoms with van der Waals surface area (Å²) in [4.78, 5) is 28.6. The van der Waals surface area contributed by atoms with Gasteiger partial charge in [0.15, 0.2) is 0 Å². The molecule has 0 aromatic carbocycles. The summed E-state index contributed by atoms with van der Waals surface area (Å²) in [6.45, 7) is 0.791. The largest absolute Gasteiger partial charge is 0.352 e. The number of hydrogen-bond acceptors (Lipinski definition) is 3. The highest BCUT2D eigenvalue weighted by molar-refractivity contribution is 7.99. The lowest BCUT2D eigenvalue weighted by molar-refractivity contribution is -0.160. The van der Waals surface area contributed by atoms with Gasteiger partial charge in [-0.2, -0.15) is 11.8 Å². The number of rotatable bonds is 3. The Hall–Kier alpha value is -0.710. The molecule has 6 fully saturated rings. The monoisotopic (exact) mass is 376 g/mol. The van der Waals surface area contributed by atoms with Crippen molar-refractivity contribution in [3.05, 3.63) is 0 Å². The summed E-state index contributed by atoms with van der Waals surface area (Å²) in [6, 6.07) is 0.117. The van der Waals surface area contributed by atoms with E-state index in [2.05, 4.69) is 5.32 Å². The zero-order chi connectivity index (χ0) is 17.7. The van der Waals surface area contributed by atoms with Crippen molar-refractivity contribution >= 4 is 23.6 Å². The van der Waals surface area contributed by atoms with E-state index in [1.54, 1.807) is 0 Å². The van der Waals surface area contributed by atoms with Gasteiger partial charge in [-0.3, -0.25) is 9.59 Å². The van der Waals surface area contributed by atoms with E-state index in [1.165, 1.54) is 19.3 Å². The molecule has 26 heavy (non-hydrogen) atoms. The summed E-state index contributed by atoms with van der Waals surface area (Å²) in [7, 11) is 0. The number of likely N-dealkylation sites (tertiary alicyclic amines) is 1. The third-order valence-corrected chi connectivity index (χ3v) is 8.92. The third-order valence-electron chi connectivity index (χ3n) is 7.88. The van der Waals surface area contributed by atoms with Crippen LogP contribution in [-0.2, 0) is 9.59 Å². The molecule has 0 spiro atoms. The fraction of sp³-hybridized carbons (Fsp3) is 0.905. The summed E-state index contributed by atoms with van der Waals surface area (Å²) in [5.74, 6) is 5.09. The molecule has 6 rings (SSSR count). The molecule has 2 aliphatic heterocycles. The maximum atomic E-state index is 13.6. The van der Waals surface area contributed by atoms with E-state index < -0.39 is 0 Å². The van der Waals surface area contributed by atoms with Gasteiger partial charge in [0.2, 0.25) is 11.8 Å². The Balaban J connectivity index is 1.29. The van der Waals surface area contributed by atoms with Gasteiger partial charge in [-0.1, -0.05) is 0 Å². The van der Waals surface area contributed by atoms with Gasteiger partial charge in [0.05, 0.1) is 5.41 Å². The van der Waals surface area contributed by atoms with Crippen LogP contribution in [0.25, 0.3) is 0 Å². The fourth-order valence-electron chi connectivity index (χ4n) is 7.10. The number of nitrogens with one attached hydrogen (secondary N) is 1. The van der Waals surface area contributed by atoms with Crippen LogP contribution in [0, 0.1) is 23.2 Å². The molecule has 1 unspecified atom stereocenters. The highest BCUT2D eigenvalue weighted by atomic mass is 32.2. The minimum atomic E-state index is -0.204. The molecule has 1 atom stereocenters. The van der Waals surface area contributed by atoms with Crippen LogP contribution in [0.15, 0.2) is 0 Å². The van der Waals surface area contributed by atoms with Crippen LogP contribution < -0.4 is 5.32 Å². The van der Waals surface area contributed by atoms with Crippen molar-refractivity contribution in [2.75, 3.05) is 18.1 Å². The van der Waals surface area contributed by atoms with Crippen molar-refractivity contribution in [1.29, 1.82) is 0 Å². The molecule has 2 amide bonds. The Morgan fingerprint density at radius 3 is 2.15 bits per heavy atom. The number of carbonyl (C=O) groups is 2. The first-order valence-electron chi connectivity index (χ1n) is 10.8. The highest BCUT2D eigenvalue weighted by Crippen LogP contribution is 2.60. The van der Waals surface area contributed by atoms with Crippen LogP contribution in [0.3, 0.4) is 0 Å². The Kier molecular flexibility index (Phi) is 4.49. The van der Waals surface area contributed by atoms with Gasteiger partial charge >= 0.3 is 0 Å². The van der Waals surface area contributed by atoms with Crippen molar-refractivity contribution in [3.8, 4) is 0 Å². The summed E-state index contributed by atoms with van der Waals surface area (Å²) >= 11 is 1.98. The second-order valence-electron chi connectivity index (χ2n) is 9.75. The number of amides is 2. The lowest BCUT2D eigenvalue weighted by Crippen LogP contribution is -2.57. The van der Waals surface area contributed by atoms with Gasteiger partial charge in [-0.25, -0.2) is 0 Å². The number of carbonyl (C=O) groups excluding carboxylic acids is 2. The molecule has 2 heterocycles. The van der Waals surface area contributed by atoms with E-state index >= 15 is 0 Å². The lowest BCUT2D eigenvalue weighted by Gasteiger charge is -2.56. The molecule has 4 bridgehead atoms. The minimum absolute atomic E-state index is 0.112. The number of thioether (sulfide) groups is 1. The van der Waals surface area contributed by atoms with Crippen molar-refractivity contribution in [2.24, 2.45) is 23.2 Å². The van der Waals surface area contributed by atoms with Crippen molar-refractivity contribution < 1.29 is 9.59 Å². The predicted molar refractivity (Wildman–Crippen MR) is 104 cm³/mol. The van der Waals surface area contributed by atoms with Gasteiger partial charge < -0.3 is 10.2 Å². The molecule has 144 valence electrons. The van der Waals surface area contributed by atoms with Gasteiger partial charge in [0.1, 0.15) is 6.04 Å². The van der Waals surface area contributed by atoms with Gasteiger partial charge in [-0.15, -0.1) is 0 Å². The normalized spacial score (nSPS) is 42.2. The van der Waals surface area contributed by atoms with E-state index in [0.29, 0.717) is 11.9 Å². The van der Waals surface area contributed by atoms with E-state index in [0.717, 1.165) is 80.7 Å². The van der Waals surface area contributed by atoms with Crippen LogP contribution in [-0.4, -0.2) is 46.8 Å². The van der Waals surface area contributed by atoms with Gasteiger partial charge in [0.25, 0.3) is 0 Å². The summed E-state index contributed by atoms with van der Waals surface area (Å²) in [6.07, 6.45) is 11.4. The smallest absolute Gasteiger partial charge is 0.243 e. The first-order valence-corrected chi connectivity index (χ1v) is 12.0. The highest BCUT2D eigenvalue weighted by Gasteiger charge is 2.56. The van der Waals surface area contributed by atoms with Crippen molar-refractivity contribution in [3.63, 3.8) is 0 Å². The standard InChI is InChI=1S/C21H32N2O2S/c24-19(22-17-3-6-26-7-4-17)18-2-1-5-23(18)20(25)21-11-14-8-15(12-21)10-16(9-14)13-21/h14-18H,1-13H2,(H,22,24). The van der Waals surface area contributed by atoms with E-state index in [4.69, 9.17) is 0 Å². The first-order chi connectivity index (χ1) is 12.6. The fourth-order valence-corrected chi connectivity index (χ4v) is 8.21. The average Bonchev–Trinajstić information content (AvgIpc) is 3.10. The molecular weight excluding hydrogens is 344 g/mol. The maximum Gasteiger partial charge on any atom is 0.243 e. The van der Waals surface area contributed by atoms with Gasteiger partial charge in [-0.05, 0) is 93.5 Å². The van der Waals surface area contributed by atoms with Crippen LogP contribution in [0.4, 0.5) is 0 Å². The molecule has 0 aromatic rings. The summed E-state index contributed by atoms with van der Waals surface area (Å²) in [5, 5.41) is 3.27.